The summed E-state index contributed by atoms with van der Waals surface area (Å²) in [5.74, 6) is 0.959. The highest BCUT2D eigenvalue weighted by molar-refractivity contribution is 5.94. The van der Waals surface area contributed by atoms with E-state index in [1.807, 2.05) is 24.3 Å². The van der Waals surface area contributed by atoms with Crippen LogP contribution in [-0.4, -0.2) is 25.2 Å². The third-order valence-corrected chi connectivity index (χ3v) is 3.42. The van der Waals surface area contributed by atoms with Gasteiger partial charge in [0.2, 0.25) is 0 Å². The first kappa shape index (κ1) is 17.6. The molecule has 1 aromatic heterocycles. The van der Waals surface area contributed by atoms with Gasteiger partial charge in [0.05, 0.1) is 19.8 Å². The Hall–Kier alpha value is -2.79. The van der Waals surface area contributed by atoms with E-state index in [4.69, 9.17) is 14.2 Å². The fourth-order valence-corrected chi connectivity index (χ4v) is 2.28. The number of carbonyl (C=O) groups excluding carboxylic acids is 1. The lowest BCUT2D eigenvalue weighted by atomic mass is 10.2. The second-order valence-electron chi connectivity index (χ2n) is 4.79. The Morgan fingerprint density at radius 2 is 1.67 bits per heavy atom. The van der Waals surface area contributed by atoms with Crippen LogP contribution in [0.2, 0.25) is 0 Å². The lowest BCUT2D eigenvalue weighted by Gasteiger charge is -2.10. The maximum absolute atomic E-state index is 12.4. The first-order valence-corrected chi connectivity index (χ1v) is 7.01. The van der Waals surface area contributed by atoms with E-state index in [1.54, 1.807) is 30.5 Å². The number of halogens is 1. The largest absolute Gasteiger partial charge is 0.493 e. The minimum atomic E-state index is -0.482. The standard InChI is InChI=1S/C18H15NO4.ClH/c1-21-14-9-8-13(11-16(14)22-2)18(20)23-15-7-3-5-12-6-4-10-19-17(12)15;/h3-11H,1-2H3;1H. The van der Waals surface area contributed by atoms with Crippen LogP contribution in [0.15, 0.2) is 54.7 Å². The fraction of sp³-hybridized carbons (Fsp3) is 0.111. The lowest BCUT2D eigenvalue weighted by molar-refractivity contribution is 0.0736. The number of esters is 1. The van der Waals surface area contributed by atoms with Crippen LogP contribution in [0.5, 0.6) is 17.2 Å². The summed E-state index contributed by atoms with van der Waals surface area (Å²) in [4.78, 5) is 16.6. The van der Waals surface area contributed by atoms with Crippen molar-refractivity contribution in [1.82, 2.24) is 4.98 Å². The highest BCUT2D eigenvalue weighted by atomic mass is 35.5. The van der Waals surface area contributed by atoms with Gasteiger partial charge in [0.15, 0.2) is 17.2 Å². The lowest BCUT2D eigenvalue weighted by Crippen LogP contribution is -2.09. The fourth-order valence-electron chi connectivity index (χ4n) is 2.28. The highest BCUT2D eigenvalue weighted by Crippen LogP contribution is 2.29. The topological polar surface area (TPSA) is 57.7 Å². The van der Waals surface area contributed by atoms with E-state index in [1.165, 1.54) is 14.2 Å². The number of methoxy groups -OCH3 is 2. The van der Waals surface area contributed by atoms with Crippen LogP contribution < -0.4 is 14.2 Å². The molecule has 24 heavy (non-hydrogen) atoms. The molecule has 124 valence electrons. The average Bonchev–Trinajstić information content (AvgIpc) is 2.61. The predicted molar refractivity (Wildman–Crippen MR) is 93.5 cm³/mol. The monoisotopic (exact) mass is 345 g/mol. The van der Waals surface area contributed by atoms with E-state index in [-0.39, 0.29) is 12.4 Å². The number of hydrogen-bond donors (Lipinski definition) is 0. The Morgan fingerprint density at radius 1 is 0.917 bits per heavy atom. The maximum atomic E-state index is 12.4. The van der Waals surface area contributed by atoms with Gasteiger partial charge < -0.3 is 14.2 Å². The zero-order valence-corrected chi connectivity index (χ0v) is 14.0. The molecular formula is C18H16ClNO4. The van der Waals surface area contributed by atoms with E-state index >= 15 is 0 Å². The molecule has 0 spiro atoms. The molecule has 2 aromatic carbocycles. The van der Waals surface area contributed by atoms with Crippen molar-refractivity contribution in [2.24, 2.45) is 0 Å². The van der Waals surface area contributed by atoms with E-state index in [0.29, 0.717) is 28.3 Å². The number of hydrogen-bond acceptors (Lipinski definition) is 5. The Bertz CT molecular complexity index is 861. The Balaban J connectivity index is 0.00000208. The van der Waals surface area contributed by atoms with Crippen LogP contribution in [0.1, 0.15) is 10.4 Å². The summed E-state index contributed by atoms with van der Waals surface area (Å²) in [6.45, 7) is 0. The van der Waals surface area contributed by atoms with Crippen molar-refractivity contribution in [3.8, 4) is 17.2 Å². The Morgan fingerprint density at radius 3 is 2.42 bits per heavy atom. The molecular weight excluding hydrogens is 330 g/mol. The first-order chi connectivity index (χ1) is 11.2. The zero-order chi connectivity index (χ0) is 16.2. The molecule has 0 bridgehead atoms. The zero-order valence-electron chi connectivity index (χ0n) is 13.2. The van der Waals surface area contributed by atoms with Gasteiger partial charge in [0, 0.05) is 11.6 Å². The second kappa shape index (κ2) is 7.66. The second-order valence-corrected chi connectivity index (χ2v) is 4.79. The summed E-state index contributed by atoms with van der Waals surface area (Å²) in [6, 6.07) is 14.1. The van der Waals surface area contributed by atoms with Gasteiger partial charge in [0.1, 0.15) is 5.52 Å². The molecule has 0 aliphatic rings. The molecule has 0 fully saturated rings. The molecule has 1 heterocycles. The van der Waals surface area contributed by atoms with Gasteiger partial charge >= 0.3 is 5.97 Å². The third-order valence-electron chi connectivity index (χ3n) is 3.42. The van der Waals surface area contributed by atoms with Crippen molar-refractivity contribution < 1.29 is 19.0 Å². The summed E-state index contributed by atoms with van der Waals surface area (Å²) in [5.41, 5.74) is 1.01. The van der Waals surface area contributed by atoms with Crippen molar-refractivity contribution in [1.29, 1.82) is 0 Å². The van der Waals surface area contributed by atoms with Gasteiger partial charge in [-0.2, -0.15) is 0 Å². The van der Waals surface area contributed by atoms with Gasteiger partial charge in [-0.15, -0.1) is 12.4 Å². The van der Waals surface area contributed by atoms with Crippen LogP contribution in [0.3, 0.4) is 0 Å². The third kappa shape index (κ3) is 3.41. The molecule has 0 unspecified atom stereocenters. The normalized spacial score (nSPS) is 9.92. The number of ether oxygens (including phenoxy) is 3. The Kier molecular flexibility index (Phi) is 5.60. The van der Waals surface area contributed by atoms with Gasteiger partial charge in [-0.1, -0.05) is 18.2 Å². The maximum Gasteiger partial charge on any atom is 0.343 e. The number of aromatic nitrogens is 1. The number of para-hydroxylation sites is 1. The summed E-state index contributed by atoms with van der Waals surface area (Å²) >= 11 is 0. The number of benzene rings is 2. The van der Waals surface area contributed by atoms with Crippen LogP contribution in [-0.2, 0) is 0 Å². The molecule has 5 nitrogen and oxygen atoms in total. The van der Waals surface area contributed by atoms with Crippen molar-refractivity contribution in [2.75, 3.05) is 14.2 Å². The first-order valence-electron chi connectivity index (χ1n) is 7.01. The molecule has 0 aliphatic carbocycles. The summed E-state index contributed by atoms with van der Waals surface area (Å²) in [7, 11) is 3.05. The highest BCUT2D eigenvalue weighted by Gasteiger charge is 2.14. The Labute approximate surface area is 145 Å². The molecule has 3 aromatic rings. The van der Waals surface area contributed by atoms with Crippen molar-refractivity contribution in [3.05, 3.63) is 60.3 Å². The number of carbonyl (C=O) groups is 1. The number of rotatable bonds is 4. The molecule has 0 aliphatic heterocycles. The SMILES string of the molecule is COc1ccc(C(=O)Oc2cccc3cccnc23)cc1OC.Cl. The summed E-state index contributed by atoms with van der Waals surface area (Å²) in [5, 5.41) is 0.908. The number of fused-ring (bicyclic) bond motifs is 1. The molecule has 6 heteroatoms. The van der Waals surface area contributed by atoms with Crippen LogP contribution in [0.4, 0.5) is 0 Å². The van der Waals surface area contributed by atoms with Gasteiger partial charge in [-0.25, -0.2) is 4.79 Å². The molecule has 0 saturated carbocycles. The molecule has 0 radical (unpaired) electrons. The van der Waals surface area contributed by atoms with E-state index < -0.39 is 5.97 Å². The summed E-state index contributed by atoms with van der Waals surface area (Å²) < 4.78 is 15.9. The minimum absolute atomic E-state index is 0. The molecule has 0 amide bonds. The van der Waals surface area contributed by atoms with Gasteiger partial charge in [-0.05, 0) is 30.3 Å². The number of nitrogens with zero attached hydrogens (tertiary/aromatic N) is 1. The van der Waals surface area contributed by atoms with E-state index in [0.717, 1.165) is 5.39 Å². The number of pyridine rings is 1. The van der Waals surface area contributed by atoms with Crippen LogP contribution in [0.25, 0.3) is 10.9 Å². The average molecular weight is 346 g/mol. The molecule has 0 N–H and O–H groups in total. The quantitative estimate of drug-likeness (QED) is 0.530. The van der Waals surface area contributed by atoms with E-state index in [9.17, 15) is 4.79 Å². The van der Waals surface area contributed by atoms with Crippen LogP contribution in [0, 0.1) is 0 Å². The minimum Gasteiger partial charge on any atom is -0.493 e. The van der Waals surface area contributed by atoms with Crippen molar-refractivity contribution in [2.45, 2.75) is 0 Å². The van der Waals surface area contributed by atoms with Crippen molar-refractivity contribution >= 4 is 29.3 Å². The van der Waals surface area contributed by atoms with Crippen molar-refractivity contribution in [3.63, 3.8) is 0 Å². The molecule has 0 atom stereocenters. The smallest absolute Gasteiger partial charge is 0.343 e. The molecule has 3 rings (SSSR count). The van der Waals surface area contributed by atoms with Gasteiger partial charge in [-0.3, -0.25) is 4.98 Å². The predicted octanol–water partition coefficient (Wildman–Crippen LogP) is 3.89. The molecule has 0 saturated heterocycles. The van der Waals surface area contributed by atoms with Crippen LogP contribution >= 0.6 is 12.4 Å². The van der Waals surface area contributed by atoms with E-state index in [2.05, 4.69) is 4.98 Å². The van der Waals surface area contributed by atoms with Gasteiger partial charge in [0.25, 0.3) is 0 Å². The summed E-state index contributed by atoms with van der Waals surface area (Å²) in [6.07, 6.45) is 1.66.